The topological polar surface area (TPSA) is 90.0 Å². The summed E-state index contributed by atoms with van der Waals surface area (Å²) >= 11 is 0. The molecule has 0 radical (unpaired) electrons. The highest BCUT2D eigenvalue weighted by Crippen LogP contribution is 2.19. The molecule has 1 N–H and O–H groups in total. The number of aryl methyl sites for hydroxylation is 4. The van der Waals surface area contributed by atoms with Crippen LogP contribution in [0.3, 0.4) is 0 Å². The number of sulfonamides is 1. The molecule has 8 heteroatoms. The normalized spacial score (nSPS) is 12.0. The lowest BCUT2D eigenvalue weighted by molar-refractivity contribution is 0.390. The van der Waals surface area contributed by atoms with E-state index in [1.54, 1.807) is 31.8 Å². The van der Waals surface area contributed by atoms with E-state index in [1.807, 2.05) is 6.92 Å². The summed E-state index contributed by atoms with van der Waals surface area (Å²) in [5, 5.41) is 7.81. The van der Waals surface area contributed by atoms with E-state index >= 15 is 0 Å². The van der Waals surface area contributed by atoms with Gasteiger partial charge in [0.1, 0.15) is 10.6 Å². The fourth-order valence-corrected chi connectivity index (χ4v) is 3.26. The van der Waals surface area contributed by atoms with Crippen LogP contribution in [0.15, 0.2) is 15.6 Å². The Hall–Kier alpha value is -1.67. The summed E-state index contributed by atoms with van der Waals surface area (Å²) in [5.74, 6) is 0.285. The summed E-state index contributed by atoms with van der Waals surface area (Å²) in [7, 11) is -1.84. The van der Waals surface area contributed by atoms with E-state index in [4.69, 9.17) is 4.52 Å². The number of nitrogens with one attached hydrogen (secondary N) is 1. The van der Waals surface area contributed by atoms with E-state index in [-0.39, 0.29) is 17.2 Å². The smallest absolute Gasteiger partial charge is 0.246 e. The molecule has 0 aromatic carbocycles. The van der Waals surface area contributed by atoms with E-state index < -0.39 is 10.0 Å². The van der Waals surface area contributed by atoms with Gasteiger partial charge in [-0.05, 0) is 20.8 Å². The van der Waals surface area contributed by atoms with Gasteiger partial charge in [-0.3, -0.25) is 4.68 Å². The zero-order chi connectivity index (χ0) is 14.2. The highest BCUT2D eigenvalue weighted by molar-refractivity contribution is 7.89. The fraction of sp³-hybridized carbons (Fsp3) is 0.455. The summed E-state index contributed by atoms with van der Waals surface area (Å²) in [4.78, 5) is 0.106. The molecule has 0 unspecified atom stereocenters. The van der Waals surface area contributed by atoms with Crippen molar-refractivity contribution in [2.24, 2.45) is 7.05 Å². The molecule has 2 rings (SSSR count). The molecule has 2 aromatic rings. The van der Waals surface area contributed by atoms with Gasteiger partial charge >= 0.3 is 0 Å². The van der Waals surface area contributed by atoms with Crippen LogP contribution in [0.5, 0.6) is 0 Å². The molecule has 0 spiro atoms. The molecular formula is C11H16N4O3S. The standard InChI is InChI=1S/C11H16N4O3S/c1-7-10(6-15(4)13-7)5-12-19(16,17)11-8(2)14-18-9(11)3/h6,12H,5H2,1-4H3. The summed E-state index contributed by atoms with van der Waals surface area (Å²) in [6.45, 7) is 5.19. The minimum Gasteiger partial charge on any atom is -0.360 e. The van der Waals surface area contributed by atoms with Gasteiger partial charge in [-0.25, -0.2) is 13.1 Å². The molecule has 0 aliphatic rings. The lowest BCUT2D eigenvalue weighted by Gasteiger charge is -2.05. The highest BCUT2D eigenvalue weighted by atomic mass is 32.2. The lowest BCUT2D eigenvalue weighted by atomic mass is 10.3. The molecule has 0 amide bonds. The lowest BCUT2D eigenvalue weighted by Crippen LogP contribution is -2.24. The first-order chi connectivity index (χ1) is 8.81. The molecule has 0 aliphatic carbocycles. The fourth-order valence-electron chi connectivity index (χ4n) is 1.93. The molecule has 2 heterocycles. The maximum atomic E-state index is 12.2. The predicted octanol–water partition coefficient (Wildman–Crippen LogP) is 0.812. The molecule has 0 atom stereocenters. The van der Waals surface area contributed by atoms with Gasteiger partial charge in [0.2, 0.25) is 10.0 Å². The van der Waals surface area contributed by atoms with E-state index in [9.17, 15) is 8.42 Å². The maximum absolute atomic E-state index is 12.2. The first-order valence-electron chi connectivity index (χ1n) is 5.73. The number of hydrogen-bond acceptors (Lipinski definition) is 5. The zero-order valence-electron chi connectivity index (χ0n) is 11.3. The Morgan fingerprint density at radius 2 is 2.00 bits per heavy atom. The van der Waals surface area contributed by atoms with Gasteiger partial charge in [-0.2, -0.15) is 5.10 Å². The third-order valence-electron chi connectivity index (χ3n) is 2.80. The zero-order valence-corrected chi connectivity index (χ0v) is 12.1. The average Bonchev–Trinajstić information content (AvgIpc) is 2.79. The SMILES string of the molecule is Cc1nn(C)cc1CNS(=O)(=O)c1c(C)noc1C. The second-order valence-electron chi connectivity index (χ2n) is 4.39. The van der Waals surface area contributed by atoms with Crippen LogP contribution in [0.1, 0.15) is 22.7 Å². The van der Waals surface area contributed by atoms with Crippen molar-refractivity contribution in [1.29, 1.82) is 0 Å². The summed E-state index contributed by atoms with van der Waals surface area (Å²) in [5.41, 5.74) is 1.98. The van der Waals surface area contributed by atoms with Crippen LogP contribution in [-0.2, 0) is 23.6 Å². The molecule has 0 saturated heterocycles. The second kappa shape index (κ2) is 4.78. The third kappa shape index (κ3) is 2.69. The van der Waals surface area contributed by atoms with Crippen molar-refractivity contribution in [2.75, 3.05) is 0 Å². The molecule has 2 aromatic heterocycles. The van der Waals surface area contributed by atoms with Crippen molar-refractivity contribution < 1.29 is 12.9 Å². The van der Waals surface area contributed by atoms with Crippen molar-refractivity contribution >= 4 is 10.0 Å². The summed E-state index contributed by atoms with van der Waals surface area (Å²) < 4.78 is 33.4. The van der Waals surface area contributed by atoms with Crippen molar-refractivity contribution in [1.82, 2.24) is 19.7 Å². The maximum Gasteiger partial charge on any atom is 0.246 e. The van der Waals surface area contributed by atoms with Crippen molar-refractivity contribution in [3.8, 4) is 0 Å². The molecule has 0 fully saturated rings. The Morgan fingerprint density at radius 3 is 2.47 bits per heavy atom. The Morgan fingerprint density at radius 1 is 1.32 bits per heavy atom. The number of rotatable bonds is 4. The second-order valence-corrected chi connectivity index (χ2v) is 6.10. The van der Waals surface area contributed by atoms with Crippen molar-refractivity contribution in [3.63, 3.8) is 0 Å². The molecule has 7 nitrogen and oxygen atoms in total. The average molecular weight is 284 g/mol. The molecule has 19 heavy (non-hydrogen) atoms. The molecule has 0 bridgehead atoms. The Balaban J connectivity index is 2.21. The minimum absolute atomic E-state index is 0.106. The van der Waals surface area contributed by atoms with Crippen LogP contribution in [0.4, 0.5) is 0 Å². The van der Waals surface area contributed by atoms with E-state index in [0.717, 1.165) is 11.3 Å². The van der Waals surface area contributed by atoms with Gasteiger partial charge in [0.25, 0.3) is 0 Å². The minimum atomic E-state index is -3.63. The largest absolute Gasteiger partial charge is 0.360 e. The summed E-state index contributed by atoms with van der Waals surface area (Å²) in [6, 6.07) is 0. The van der Waals surface area contributed by atoms with Gasteiger partial charge in [-0.1, -0.05) is 5.16 Å². The molecule has 104 valence electrons. The number of hydrogen-bond donors (Lipinski definition) is 1. The van der Waals surface area contributed by atoms with Crippen LogP contribution >= 0.6 is 0 Å². The van der Waals surface area contributed by atoms with Crippen LogP contribution < -0.4 is 4.72 Å². The van der Waals surface area contributed by atoms with Crippen LogP contribution in [0.25, 0.3) is 0 Å². The monoisotopic (exact) mass is 284 g/mol. The van der Waals surface area contributed by atoms with Gasteiger partial charge in [0.05, 0.1) is 5.69 Å². The van der Waals surface area contributed by atoms with Crippen molar-refractivity contribution in [2.45, 2.75) is 32.2 Å². The summed E-state index contributed by atoms with van der Waals surface area (Å²) in [6.07, 6.45) is 1.78. The van der Waals surface area contributed by atoms with Gasteiger partial charge in [-0.15, -0.1) is 0 Å². The van der Waals surface area contributed by atoms with Gasteiger partial charge in [0.15, 0.2) is 5.76 Å². The van der Waals surface area contributed by atoms with Crippen molar-refractivity contribution in [3.05, 3.63) is 28.9 Å². The Kier molecular flexibility index (Phi) is 3.46. The van der Waals surface area contributed by atoms with Gasteiger partial charge < -0.3 is 4.52 Å². The quantitative estimate of drug-likeness (QED) is 0.897. The number of aromatic nitrogens is 3. The van der Waals surface area contributed by atoms with Crippen LogP contribution in [0, 0.1) is 20.8 Å². The first-order valence-corrected chi connectivity index (χ1v) is 7.21. The Labute approximate surface area is 111 Å². The van der Waals surface area contributed by atoms with Gasteiger partial charge in [0, 0.05) is 25.4 Å². The molecule has 0 aliphatic heterocycles. The van der Waals surface area contributed by atoms with E-state index in [0.29, 0.717) is 5.69 Å². The third-order valence-corrected chi connectivity index (χ3v) is 4.45. The molecular weight excluding hydrogens is 268 g/mol. The molecule has 0 saturated carbocycles. The number of nitrogens with zero attached hydrogens (tertiary/aromatic N) is 3. The van der Waals surface area contributed by atoms with E-state index in [2.05, 4.69) is 15.0 Å². The Bertz CT molecular complexity index is 680. The van der Waals surface area contributed by atoms with Crippen LogP contribution in [-0.4, -0.2) is 23.4 Å². The predicted molar refractivity (Wildman–Crippen MR) is 67.9 cm³/mol. The highest BCUT2D eigenvalue weighted by Gasteiger charge is 2.24. The van der Waals surface area contributed by atoms with Crippen LogP contribution in [0.2, 0.25) is 0 Å². The first kappa shape index (κ1) is 13.8. The van der Waals surface area contributed by atoms with E-state index in [1.165, 1.54) is 0 Å².